The Balaban J connectivity index is 1.93. The van der Waals surface area contributed by atoms with Crippen LogP contribution in [0.3, 0.4) is 0 Å². The number of nitrogen functional groups attached to an aromatic ring is 1. The number of rotatable bonds is 3. The van der Waals surface area contributed by atoms with Crippen LogP contribution >= 0.6 is 0 Å². The quantitative estimate of drug-likeness (QED) is 0.872. The highest BCUT2D eigenvalue weighted by atomic mass is 16.5. The number of hydrogen-bond donors (Lipinski definition) is 1. The number of hydrogen-bond acceptors (Lipinski definition) is 4. The minimum atomic E-state index is 0.616. The molecule has 0 aliphatic carbocycles. The molecule has 2 heterocycles. The fraction of sp³-hybridized carbons (Fsp3) is 0.438. The lowest BCUT2D eigenvalue weighted by Gasteiger charge is -2.34. The van der Waals surface area contributed by atoms with Crippen molar-refractivity contribution in [3.05, 3.63) is 30.5 Å². The maximum absolute atomic E-state index is 5.84. The molecule has 1 aliphatic heterocycles. The lowest BCUT2D eigenvalue weighted by Crippen LogP contribution is -2.37. The summed E-state index contributed by atoms with van der Waals surface area (Å²) in [7, 11) is 1.78. The summed E-state index contributed by atoms with van der Waals surface area (Å²) in [4.78, 5) is 6.87. The zero-order chi connectivity index (χ0) is 13.9. The van der Waals surface area contributed by atoms with Gasteiger partial charge < -0.3 is 15.4 Å². The summed E-state index contributed by atoms with van der Waals surface area (Å²) in [6.07, 6.45) is 4.34. The van der Waals surface area contributed by atoms with Crippen LogP contribution < -0.4 is 10.6 Å². The lowest BCUT2D eigenvalue weighted by molar-refractivity contribution is 0.143. The highest BCUT2D eigenvalue weighted by molar-refractivity contribution is 5.93. The van der Waals surface area contributed by atoms with E-state index in [4.69, 9.17) is 10.5 Å². The second-order valence-electron chi connectivity index (χ2n) is 5.52. The van der Waals surface area contributed by atoms with Crippen molar-refractivity contribution in [2.75, 3.05) is 37.4 Å². The Hall–Kier alpha value is -1.81. The Labute approximate surface area is 119 Å². The molecule has 3 rings (SSSR count). The fourth-order valence-electron chi connectivity index (χ4n) is 3.08. The van der Waals surface area contributed by atoms with E-state index in [1.807, 2.05) is 18.3 Å². The van der Waals surface area contributed by atoms with Crippen LogP contribution in [0.2, 0.25) is 0 Å². The molecule has 1 aliphatic rings. The molecule has 0 radical (unpaired) electrons. The Bertz CT molecular complexity index is 597. The van der Waals surface area contributed by atoms with Gasteiger partial charge in [-0.05, 0) is 43.0 Å². The molecule has 2 aromatic rings. The molecule has 1 atom stereocenters. The zero-order valence-corrected chi connectivity index (χ0v) is 11.9. The van der Waals surface area contributed by atoms with E-state index in [9.17, 15) is 0 Å². The van der Waals surface area contributed by atoms with Gasteiger partial charge in [-0.3, -0.25) is 4.98 Å². The molecule has 106 valence electrons. The maximum atomic E-state index is 5.84. The van der Waals surface area contributed by atoms with Gasteiger partial charge in [0.2, 0.25) is 0 Å². The van der Waals surface area contributed by atoms with Crippen molar-refractivity contribution in [3.8, 4) is 0 Å². The number of anilines is 2. The molecular formula is C16H21N3O. The van der Waals surface area contributed by atoms with Gasteiger partial charge in [0, 0.05) is 43.2 Å². The molecule has 0 saturated carbocycles. The van der Waals surface area contributed by atoms with E-state index in [2.05, 4.69) is 22.0 Å². The van der Waals surface area contributed by atoms with E-state index in [1.54, 1.807) is 7.11 Å². The zero-order valence-electron chi connectivity index (χ0n) is 11.9. The molecule has 1 fully saturated rings. The second-order valence-corrected chi connectivity index (χ2v) is 5.52. The van der Waals surface area contributed by atoms with Gasteiger partial charge in [0.15, 0.2) is 0 Å². The first-order valence-electron chi connectivity index (χ1n) is 7.16. The van der Waals surface area contributed by atoms with Crippen molar-refractivity contribution in [1.29, 1.82) is 0 Å². The van der Waals surface area contributed by atoms with E-state index >= 15 is 0 Å². The van der Waals surface area contributed by atoms with Gasteiger partial charge in [0.25, 0.3) is 0 Å². The summed E-state index contributed by atoms with van der Waals surface area (Å²) < 4.78 is 5.31. The minimum Gasteiger partial charge on any atom is -0.399 e. The van der Waals surface area contributed by atoms with Crippen molar-refractivity contribution in [2.45, 2.75) is 12.8 Å². The molecule has 20 heavy (non-hydrogen) atoms. The molecule has 4 nitrogen and oxygen atoms in total. The fourth-order valence-corrected chi connectivity index (χ4v) is 3.08. The van der Waals surface area contributed by atoms with Crippen LogP contribution in [0, 0.1) is 5.92 Å². The third-order valence-electron chi connectivity index (χ3n) is 4.01. The van der Waals surface area contributed by atoms with Crippen molar-refractivity contribution in [1.82, 2.24) is 4.98 Å². The van der Waals surface area contributed by atoms with Gasteiger partial charge in [0.05, 0.1) is 12.1 Å². The van der Waals surface area contributed by atoms with Crippen molar-refractivity contribution in [3.63, 3.8) is 0 Å². The molecule has 4 heteroatoms. The number of ether oxygens (including phenoxy) is 1. The summed E-state index contributed by atoms with van der Waals surface area (Å²) in [6.45, 7) is 2.99. The smallest absolute Gasteiger partial charge is 0.0743 e. The summed E-state index contributed by atoms with van der Waals surface area (Å²) in [5.74, 6) is 0.616. The predicted molar refractivity (Wildman–Crippen MR) is 83.0 cm³/mol. The van der Waals surface area contributed by atoms with E-state index in [0.717, 1.165) is 30.9 Å². The Kier molecular flexibility index (Phi) is 3.74. The van der Waals surface area contributed by atoms with E-state index in [1.165, 1.54) is 23.9 Å². The number of pyridine rings is 1. The van der Waals surface area contributed by atoms with Gasteiger partial charge in [0.1, 0.15) is 0 Å². The van der Waals surface area contributed by atoms with Gasteiger partial charge in [-0.25, -0.2) is 0 Å². The molecule has 2 N–H and O–H groups in total. The van der Waals surface area contributed by atoms with Crippen LogP contribution in [-0.2, 0) is 4.74 Å². The SMILES string of the molecule is COCC1CCCN(c2ccnc3cc(N)ccc23)C1. The van der Waals surface area contributed by atoms with Crippen LogP contribution in [0.25, 0.3) is 10.9 Å². The monoisotopic (exact) mass is 271 g/mol. The Morgan fingerprint density at radius 2 is 2.30 bits per heavy atom. The number of aromatic nitrogens is 1. The molecule has 1 saturated heterocycles. The van der Waals surface area contributed by atoms with E-state index in [-0.39, 0.29) is 0 Å². The molecule has 1 aromatic carbocycles. The van der Waals surface area contributed by atoms with Gasteiger partial charge in [-0.2, -0.15) is 0 Å². The van der Waals surface area contributed by atoms with Crippen molar-refractivity contribution < 1.29 is 4.74 Å². The predicted octanol–water partition coefficient (Wildman–Crippen LogP) is 2.68. The number of nitrogens with zero attached hydrogens (tertiary/aromatic N) is 2. The Morgan fingerprint density at radius 1 is 1.40 bits per heavy atom. The number of piperidine rings is 1. The van der Waals surface area contributed by atoms with E-state index < -0.39 is 0 Å². The first-order chi connectivity index (χ1) is 9.78. The topological polar surface area (TPSA) is 51.4 Å². The first-order valence-corrected chi connectivity index (χ1v) is 7.16. The van der Waals surface area contributed by atoms with E-state index in [0.29, 0.717) is 5.92 Å². The average Bonchev–Trinajstić information content (AvgIpc) is 2.47. The summed E-state index contributed by atoms with van der Waals surface area (Å²) >= 11 is 0. The van der Waals surface area contributed by atoms with Crippen LogP contribution in [-0.4, -0.2) is 31.8 Å². The highest BCUT2D eigenvalue weighted by Crippen LogP contribution is 2.30. The molecule has 0 amide bonds. The summed E-state index contributed by atoms with van der Waals surface area (Å²) in [5, 5.41) is 1.18. The minimum absolute atomic E-state index is 0.616. The largest absolute Gasteiger partial charge is 0.399 e. The number of methoxy groups -OCH3 is 1. The van der Waals surface area contributed by atoms with Crippen LogP contribution in [0.4, 0.5) is 11.4 Å². The second kappa shape index (κ2) is 5.67. The van der Waals surface area contributed by atoms with Crippen molar-refractivity contribution >= 4 is 22.3 Å². The summed E-state index contributed by atoms with van der Waals surface area (Å²) in [5.41, 5.74) is 8.83. The molecule has 1 aromatic heterocycles. The number of fused-ring (bicyclic) bond motifs is 1. The summed E-state index contributed by atoms with van der Waals surface area (Å²) in [6, 6.07) is 8.07. The highest BCUT2D eigenvalue weighted by Gasteiger charge is 2.21. The van der Waals surface area contributed by atoms with Gasteiger partial charge in [-0.15, -0.1) is 0 Å². The third kappa shape index (κ3) is 2.56. The van der Waals surface area contributed by atoms with Gasteiger partial charge in [-0.1, -0.05) is 0 Å². The average molecular weight is 271 g/mol. The van der Waals surface area contributed by atoms with Crippen LogP contribution in [0.5, 0.6) is 0 Å². The molecule has 0 spiro atoms. The first kappa shape index (κ1) is 13.2. The van der Waals surface area contributed by atoms with Gasteiger partial charge >= 0.3 is 0 Å². The molecule has 0 bridgehead atoms. The normalized spacial score (nSPS) is 19.4. The van der Waals surface area contributed by atoms with Crippen LogP contribution in [0.15, 0.2) is 30.5 Å². The van der Waals surface area contributed by atoms with Crippen molar-refractivity contribution in [2.24, 2.45) is 5.92 Å². The molecule has 1 unspecified atom stereocenters. The maximum Gasteiger partial charge on any atom is 0.0743 e. The van der Waals surface area contributed by atoms with Crippen LogP contribution in [0.1, 0.15) is 12.8 Å². The standard InChI is InChI=1S/C16H21N3O/c1-20-11-12-3-2-8-19(10-12)16-6-7-18-15-9-13(17)4-5-14(15)16/h4-7,9,12H,2-3,8,10-11,17H2,1H3. The third-order valence-corrected chi connectivity index (χ3v) is 4.01. The lowest BCUT2D eigenvalue weighted by atomic mass is 9.98. The Morgan fingerprint density at radius 3 is 3.15 bits per heavy atom. The number of nitrogens with two attached hydrogens (primary N) is 1. The number of benzene rings is 1. The molecular weight excluding hydrogens is 250 g/mol.